The fourth-order valence-electron chi connectivity index (χ4n) is 1.55. The van der Waals surface area contributed by atoms with Crippen LogP contribution in [0, 0.1) is 10.1 Å². The fraction of sp³-hybridized carbons (Fsp3) is 0.455. The SMILES string of the molecule is CCc1n[nH]c(COC(=O)CCn2cc([N+](=O)[O-])cn2)n1. The van der Waals surface area contributed by atoms with Gasteiger partial charge in [0.1, 0.15) is 12.4 Å². The Morgan fingerprint density at radius 1 is 1.57 bits per heavy atom. The Kier molecular flexibility index (Phi) is 4.59. The number of H-pyrrole nitrogens is 1. The number of carbonyl (C=O) groups excluding carboxylic acids is 1. The lowest BCUT2D eigenvalue weighted by Gasteiger charge is -2.02. The molecule has 0 saturated carbocycles. The summed E-state index contributed by atoms with van der Waals surface area (Å²) in [7, 11) is 0. The molecule has 10 heteroatoms. The van der Waals surface area contributed by atoms with Crippen LogP contribution in [0.15, 0.2) is 12.4 Å². The summed E-state index contributed by atoms with van der Waals surface area (Å²) in [5.41, 5.74) is -0.114. The lowest BCUT2D eigenvalue weighted by Crippen LogP contribution is -2.10. The standard InChI is InChI=1S/C11H14N6O4/c1-2-9-13-10(15-14-9)7-21-11(18)3-4-16-6-8(5-12-16)17(19)20/h5-6H,2-4,7H2,1H3,(H,13,14,15). The molecule has 21 heavy (non-hydrogen) atoms. The molecule has 0 saturated heterocycles. The lowest BCUT2D eigenvalue weighted by atomic mass is 10.4. The van der Waals surface area contributed by atoms with Crippen molar-refractivity contribution in [2.45, 2.75) is 32.9 Å². The van der Waals surface area contributed by atoms with Gasteiger partial charge in [0.05, 0.1) is 17.9 Å². The molecule has 0 radical (unpaired) electrons. The number of nitro groups is 1. The molecular weight excluding hydrogens is 280 g/mol. The van der Waals surface area contributed by atoms with Gasteiger partial charge >= 0.3 is 11.7 Å². The molecule has 0 aliphatic rings. The van der Waals surface area contributed by atoms with Gasteiger partial charge in [-0.2, -0.15) is 10.2 Å². The van der Waals surface area contributed by atoms with E-state index < -0.39 is 10.9 Å². The molecule has 2 aromatic rings. The third-order valence-electron chi connectivity index (χ3n) is 2.64. The number of esters is 1. The lowest BCUT2D eigenvalue weighted by molar-refractivity contribution is -0.385. The smallest absolute Gasteiger partial charge is 0.308 e. The van der Waals surface area contributed by atoms with Crippen LogP contribution in [0.4, 0.5) is 5.69 Å². The highest BCUT2D eigenvalue weighted by Gasteiger charge is 2.11. The van der Waals surface area contributed by atoms with E-state index in [1.807, 2.05) is 6.92 Å². The maximum Gasteiger partial charge on any atom is 0.308 e. The topological polar surface area (TPSA) is 129 Å². The van der Waals surface area contributed by atoms with Crippen LogP contribution in [0.25, 0.3) is 0 Å². The minimum atomic E-state index is -0.545. The molecule has 0 bridgehead atoms. The fourth-order valence-corrected chi connectivity index (χ4v) is 1.55. The molecule has 2 rings (SSSR count). The number of aromatic amines is 1. The average Bonchev–Trinajstić information content (AvgIpc) is 3.11. The first-order valence-electron chi connectivity index (χ1n) is 6.31. The number of ether oxygens (including phenoxy) is 1. The Balaban J connectivity index is 1.75. The van der Waals surface area contributed by atoms with E-state index in [-0.39, 0.29) is 25.3 Å². The van der Waals surface area contributed by atoms with Gasteiger partial charge in [0, 0.05) is 6.42 Å². The van der Waals surface area contributed by atoms with Crippen LogP contribution in [0.5, 0.6) is 0 Å². The molecule has 0 atom stereocenters. The van der Waals surface area contributed by atoms with E-state index in [9.17, 15) is 14.9 Å². The second-order valence-electron chi connectivity index (χ2n) is 4.18. The van der Waals surface area contributed by atoms with Crippen molar-refractivity contribution in [3.63, 3.8) is 0 Å². The van der Waals surface area contributed by atoms with Crippen molar-refractivity contribution in [2.75, 3.05) is 0 Å². The summed E-state index contributed by atoms with van der Waals surface area (Å²) in [5.74, 6) is 0.697. The molecule has 112 valence electrons. The Labute approximate surface area is 119 Å². The minimum absolute atomic E-state index is 0.0189. The van der Waals surface area contributed by atoms with Crippen LogP contribution >= 0.6 is 0 Å². The summed E-state index contributed by atoms with van der Waals surface area (Å²) < 4.78 is 6.34. The third kappa shape index (κ3) is 4.09. The van der Waals surface area contributed by atoms with Gasteiger partial charge in [-0.1, -0.05) is 6.92 Å². The van der Waals surface area contributed by atoms with Crippen LogP contribution < -0.4 is 0 Å². The Morgan fingerprint density at radius 2 is 2.38 bits per heavy atom. The molecule has 0 amide bonds. The molecule has 0 fully saturated rings. The number of rotatable bonds is 7. The molecule has 0 aliphatic heterocycles. The number of nitrogens with zero attached hydrogens (tertiary/aromatic N) is 5. The predicted octanol–water partition coefficient (Wildman–Crippen LogP) is 0.605. The molecule has 10 nitrogen and oxygen atoms in total. The highest BCUT2D eigenvalue weighted by molar-refractivity contribution is 5.69. The van der Waals surface area contributed by atoms with Gasteiger partial charge in [-0.15, -0.1) is 0 Å². The Bertz CT molecular complexity index is 634. The summed E-state index contributed by atoms with van der Waals surface area (Å²) >= 11 is 0. The number of hydrogen-bond acceptors (Lipinski definition) is 7. The van der Waals surface area contributed by atoms with Crippen LogP contribution in [0.1, 0.15) is 25.0 Å². The summed E-state index contributed by atoms with van der Waals surface area (Å²) in [5, 5.41) is 20.9. The maximum atomic E-state index is 11.5. The molecule has 2 heterocycles. The number of aryl methyl sites for hydroxylation is 2. The Hall–Kier alpha value is -2.78. The predicted molar refractivity (Wildman–Crippen MR) is 69.1 cm³/mol. The van der Waals surface area contributed by atoms with Crippen molar-refractivity contribution in [2.24, 2.45) is 0 Å². The average molecular weight is 294 g/mol. The van der Waals surface area contributed by atoms with E-state index >= 15 is 0 Å². The minimum Gasteiger partial charge on any atom is -0.457 e. The van der Waals surface area contributed by atoms with Gasteiger partial charge in [-0.25, -0.2) is 4.98 Å². The van der Waals surface area contributed by atoms with Gasteiger partial charge in [0.2, 0.25) is 0 Å². The molecule has 0 aliphatic carbocycles. The quantitative estimate of drug-likeness (QED) is 0.449. The first kappa shape index (κ1) is 14.6. The van der Waals surface area contributed by atoms with Gasteiger partial charge in [0.25, 0.3) is 0 Å². The van der Waals surface area contributed by atoms with Crippen molar-refractivity contribution in [3.8, 4) is 0 Å². The van der Waals surface area contributed by atoms with E-state index in [0.717, 1.165) is 6.20 Å². The highest BCUT2D eigenvalue weighted by Crippen LogP contribution is 2.08. The zero-order valence-electron chi connectivity index (χ0n) is 11.4. The number of hydrogen-bond donors (Lipinski definition) is 1. The van der Waals surface area contributed by atoms with Crippen LogP contribution in [-0.4, -0.2) is 35.9 Å². The van der Waals surface area contributed by atoms with E-state index in [1.165, 1.54) is 10.9 Å². The number of aromatic nitrogens is 5. The molecule has 2 aromatic heterocycles. The van der Waals surface area contributed by atoms with Crippen molar-refractivity contribution in [3.05, 3.63) is 34.2 Å². The van der Waals surface area contributed by atoms with Crippen LogP contribution in [0.3, 0.4) is 0 Å². The summed E-state index contributed by atoms with van der Waals surface area (Å²) in [6.45, 7) is 2.15. The largest absolute Gasteiger partial charge is 0.457 e. The molecule has 0 spiro atoms. The summed E-state index contributed by atoms with van der Waals surface area (Å²) in [6.07, 6.45) is 3.15. The number of nitrogens with one attached hydrogen (secondary N) is 1. The van der Waals surface area contributed by atoms with Crippen molar-refractivity contribution in [1.29, 1.82) is 0 Å². The van der Waals surface area contributed by atoms with Crippen LogP contribution in [-0.2, 0) is 29.1 Å². The third-order valence-corrected chi connectivity index (χ3v) is 2.64. The first-order chi connectivity index (χ1) is 10.1. The van der Waals surface area contributed by atoms with E-state index in [1.54, 1.807) is 0 Å². The summed E-state index contributed by atoms with van der Waals surface area (Å²) in [6, 6.07) is 0. The van der Waals surface area contributed by atoms with Gasteiger partial charge in [-0.05, 0) is 0 Å². The van der Waals surface area contributed by atoms with Gasteiger partial charge < -0.3 is 4.74 Å². The van der Waals surface area contributed by atoms with Crippen molar-refractivity contribution >= 4 is 11.7 Å². The zero-order valence-corrected chi connectivity index (χ0v) is 11.4. The molecule has 0 unspecified atom stereocenters. The van der Waals surface area contributed by atoms with Crippen LogP contribution in [0.2, 0.25) is 0 Å². The van der Waals surface area contributed by atoms with E-state index in [2.05, 4.69) is 20.3 Å². The van der Waals surface area contributed by atoms with Gasteiger partial charge in [-0.3, -0.25) is 24.7 Å². The second kappa shape index (κ2) is 6.59. The number of carbonyl (C=O) groups is 1. The molecule has 1 N–H and O–H groups in total. The monoisotopic (exact) mass is 294 g/mol. The van der Waals surface area contributed by atoms with Gasteiger partial charge in [0.15, 0.2) is 18.3 Å². The molecule has 0 aromatic carbocycles. The Morgan fingerprint density at radius 3 is 3.00 bits per heavy atom. The highest BCUT2D eigenvalue weighted by atomic mass is 16.6. The molecular formula is C11H14N6O4. The summed E-state index contributed by atoms with van der Waals surface area (Å²) in [4.78, 5) is 25.6. The zero-order chi connectivity index (χ0) is 15.2. The maximum absolute atomic E-state index is 11.5. The van der Waals surface area contributed by atoms with E-state index in [0.29, 0.717) is 18.1 Å². The second-order valence-corrected chi connectivity index (χ2v) is 4.18. The van der Waals surface area contributed by atoms with Crippen molar-refractivity contribution in [1.82, 2.24) is 25.0 Å². The van der Waals surface area contributed by atoms with Crippen molar-refractivity contribution < 1.29 is 14.5 Å². The van der Waals surface area contributed by atoms with E-state index in [4.69, 9.17) is 4.74 Å². The first-order valence-corrected chi connectivity index (χ1v) is 6.31. The normalized spacial score (nSPS) is 10.5.